The topological polar surface area (TPSA) is 49.2 Å². The maximum atomic E-state index is 10.1. The van der Waals surface area contributed by atoms with Crippen LogP contribution in [0.3, 0.4) is 0 Å². The molecule has 1 fully saturated rings. The van der Waals surface area contributed by atoms with Crippen molar-refractivity contribution in [1.29, 1.82) is 0 Å². The fourth-order valence-electron chi connectivity index (χ4n) is 2.45. The highest BCUT2D eigenvalue weighted by Crippen LogP contribution is 2.24. The predicted molar refractivity (Wildman–Crippen MR) is 72.8 cm³/mol. The van der Waals surface area contributed by atoms with Crippen LogP contribution in [-0.4, -0.2) is 33.8 Å². The van der Waals surface area contributed by atoms with Crippen molar-refractivity contribution in [2.45, 2.75) is 52.1 Å². The van der Waals surface area contributed by atoms with Gasteiger partial charge >= 0.3 is 0 Å². The molecule has 18 heavy (non-hydrogen) atoms. The van der Waals surface area contributed by atoms with E-state index in [1.165, 1.54) is 0 Å². The summed E-state index contributed by atoms with van der Waals surface area (Å²) in [4.78, 5) is 11.2. The van der Waals surface area contributed by atoms with Crippen LogP contribution in [0.25, 0.3) is 0 Å². The second-order valence-electron chi connectivity index (χ2n) is 5.46. The van der Waals surface area contributed by atoms with Crippen molar-refractivity contribution in [2.75, 3.05) is 18.0 Å². The summed E-state index contributed by atoms with van der Waals surface area (Å²) in [6.07, 6.45) is 3.62. The normalized spacial score (nSPS) is 25.0. The molecule has 2 heterocycles. The molecule has 0 aliphatic carbocycles. The van der Waals surface area contributed by atoms with Gasteiger partial charge in [0, 0.05) is 24.8 Å². The van der Waals surface area contributed by atoms with E-state index in [1.54, 1.807) is 0 Å². The van der Waals surface area contributed by atoms with E-state index in [9.17, 15) is 5.11 Å². The van der Waals surface area contributed by atoms with Gasteiger partial charge in [0.15, 0.2) is 0 Å². The third-order valence-corrected chi connectivity index (χ3v) is 3.63. The van der Waals surface area contributed by atoms with Gasteiger partial charge < -0.3 is 10.0 Å². The number of aromatic nitrogens is 2. The molecule has 0 saturated carbocycles. The second kappa shape index (κ2) is 5.22. The number of rotatable bonds is 2. The molecule has 0 aromatic carbocycles. The molecule has 0 amide bonds. The van der Waals surface area contributed by atoms with E-state index in [0.717, 1.165) is 56.1 Å². The Bertz CT molecular complexity index is 418. The van der Waals surface area contributed by atoms with Crippen molar-refractivity contribution in [2.24, 2.45) is 0 Å². The molecule has 0 bridgehead atoms. The molecule has 0 spiro atoms. The van der Waals surface area contributed by atoms with Crippen molar-refractivity contribution >= 4 is 5.82 Å². The van der Waals surface area contributed by atoms with Crippen molar-refractivity contribution in [3.63, 3.8) is 0 Å². The molecule has 1 aliphatic heterocycles. The Labute approximate surface area is 109 Å². The lowest BCUT2D eigenvalue weighted by Gasteiger charge is -2.23. The highest BCUT2D eigenvalue weighted by atomic mass is 16.3. The van der Waals surface area contributed by atoms with Gasteiger partial charge in [-0.2, -0.15) is 0 Å². The molecular weight excluding hydrogens is 226 g/mol. The minimum absolute atomic E-state index is 0.523. The van der Waals surface area contributed by atoms with Crippen LogP contribution in [0.2, 0.25) is 0 Å². The molecule has 1 saturated heterocycles. The Hall–Kier alpha value is -1.16. The Kier molecular flexibility index (Phi) is 3.85. The number of hydrogen-bond donors (Lipinski definition) is 1. The second-order valence-corrected chi connectivity index (χ2v) is 5.46. The average molecular weight is 249 g/mol. The molecule has 1 aliphatic rings. The zero-order valence-electron chi connectivity index (χ0n) is 11.6. The van der Waals surface area contributed by atoms with Crippen LogP contribution in [0.5, 0.6) is 0 Å². The van der Waals surface area contributed by atoms with Crippen molar-refractivity contribution < 1.29 is 5.11 Å². The maximum Gasteiger partial charge on any atom is 0.132 e. The largest absolute Gasteiger partial charge is 0.390 e. The van der Waals surface area contributed by atoms with E-state index < -0.39 is 5.60 Å². The lowest BCUT2D eigenvalue weighted by atomic mass is 9.98. The third-order valence-electron chi connectivity index (χ3n) is 3.63. The van der Waals surface area contributed by atoms with Crippen LogP contribution in [0, 0.1) is 6.92 Å². The minimum atomic E-state index is -0.523. The molecule has 1 atom stereocenters. The Morgan fingerprint density at radius 1 is 1.33 bits per heavy atom. The molecule has 1 aromatic heterocycles. The minimum Gasteiger partial charge on any atom is -0.390 e. The van der Waals surface area contributed by atoms with Gasteiger partial charge in [0.25, 0.3) is 0 Å². The number of anilines is 1. The Morgan fingerprint density at radius 3 is 2.83 bits per heavy atom. The van der Waals surface area contributed by atoms with Gasteiger partial charge in [-0.3, -0.25) is 0 Å². The summed E-state index contributed by atoms with van der Waals surface area (Å²) in [6.45, 7) is 7.82. The third kappa shape index (κ3) is 3.19. The first-order valence-electron chi connectivity index (χ1n) is 6.82. The van der Waals surface area contributed by atoms with E-state index in [0.29, 0.717) is 0 Å². The van der Waals surface area contributed by atoms with Crippen molar-refractivity contribution in [3.05, 3.63) is 17.6 Å². The number of aliphatic hydroxyl groups is 1. The van der Waals surface area contributed by atoms with E-state index in [-0.39, 0.29) is 0 Å². The first-order chi connectivity index (χ1) is 8.50. The van der Waals surface area contributed by atoms with Gasteiger partial charge in [0.1, 0.15) is 11.6 Å². The average Bonchev–Trinajstić information content (AvgIpc) is 2.49. The molecule has 1 aromatic rings. The summed E-state index contributed by atoms with van der Waals surface area (Å²) in [6, 6.07) is 2.08. The highest BCUT2D eigenvalue weighted by Gasteiger charge is 2.25. The zero-order chi connectivity index (χ0) is 13.2. The quantitative estimate of drug-likeness (QED) is 0.872. The number of nitrogens with zero attached hydrogens (tertiary/aromatic N) is 3. The van der Waals surface area contributed by atoms with Crippen LogP contribution in [0.15, 0.2) is 6.07 Å². The molecule has 4 nitrogen and oxygen atoms in total. The standard InChI is InChI=1S/C14H23N3O/c1-4-12-10-13(16-11(2)15-12)17-8-5-6-14(3,18)7-9-17/h10,18H,4-9H2,1-3H3. The van der Waals surface area contributed by atoms with E-state index in [1.807, 2.05) is 13.8 Å². The molecule has 0 radical (unpaired) electrons. The maximum absolute atomic E-state index is 10.1. The molecule has 100 valence electrons. The van der Waals surface area contributed by atoms with Crippen LogP contribution in [0.4, 0.5) is 5.82 Å². The summed E-state index contributed by atoms with van der Waals surface area (Å²) in [7, 11) is 0. The Morgan fingerprint density at radius 2 is 2.11 bits per heavy atom. The SMILES string of the molecule is CCc1cc(N2CCCC(C)(O)CC2)nc(C)n1. The molecule has 2 rings (SSSR count). The summed E-state index contributed by atoms with van der Waals surface area (Å²) < 4.78 is 0. The lowest BCUT2D eigenvalue weighted by molar-refractivity contribution is 0.0481. The van der Waals surface area contributed by atoms with Gasteiger partial charge in [-0.1, -0.05) is 6.92 Å². The summed E-state index contributed by atoms with van der Waals surface area (Å²) in [5.41, 5.74) is 0.568. The van der Waals surface area contributed by atoms with Crippen molar-refractivity contribution in [1.82, 2.24) is 9.97 Å². The van der Waals surface area contributed by atoms with Crippen molar-refractivity contribution in [3.8, 4) is 0 Å². The van der Waals surface area contributed by atoms with Crippen LogP contribution in [0.1, 0.15) is 44.6 Å². The summed E-state index contributed by atoms with van der Waals surface area (Å²) in [5, 5.41) is 10.1. The van der Waals surface area contributed by atoms with Gasteiger partial charge in [-0.15, -0.1) is 0 Å². The fourth-order valence-corrected chi connectivity index (χ4v) is 2.45. The summed E-state index contributed by atoms with van der Waals surface area (Å²) >= 11 is 0. The highest BCUT2D eigenvalue weighted by molar-refractivity contribution is 5.40. The first kappa shape index (κ1) is 13.3. The zero-order valence-corrected chi connectivity index (χ0v) is 11.6. The smallest absolute Gasteiger partial charge is 0.132 e. The van der Waals surface area contributed by atoms with Gasteiger partial charge in [-0.05, 0) is 39.5 Å². The van der Waals surface area contributed by atoms with Gasteiger partial charge in [0.05, 0.1) is 5.60 Å². The number of hydrogen-bond acceptors (Lipinski definition) is 4. The number of aryl methyl sites for hydroxylation is 2. The van der Waals surface area contributed by atoms with Gasteiger partial charge in [0.2, 0.25) is 0 Å². The lowest BCUT2D eigenvalue weighted by Crippen LogP contribution is -2.29. The molecule has 4 heteroatoms. The van der Waals surface area contributed by atoms with E-state index >= 15 is 0 Å². The van der Waals surface area contributed by atoms with Crippen LogP contribution in [-0.2, 0) is 6.42 Å². The van der Waals surface area contributed by atoms with Gasteiger partial charge in [-0.25, -0.2) is 9.97 Å². The van der Waals surface area contributed by atoms with Crippen LogP contribution < -0.4 is 4.90 Å². The van der Waals surface area contributed by atoms with E-state index in [2.05, 4.69) is 27.9 Å². The van der Waals surface area contributed by atoms with Crippen LogP contribution >= 0.6 is 0 Å². The molecular formula is C14H23N3O. The molecule has 1 N–H and O–H groups in total. The Balaban J connectivity index is 2.18. The first-order valence-corrected chi connectivity index (χ1v) is 6.82. The summed E-state index contributed by atoms with van der Waals surface area (Å²) in [5.74, 6) is 1.84. The fraction of sp³-hybridized carbons (Fsp3) is 0.714. The predicted octanol–water partition coefficient (Wildman–Crippen LogP) is 2.09. The van der Waals surface area contributed by atoms with E-state index in [4.69, 9.17) is 0 Å². The molecule has 1 unspecified atom stereocenters. The monoisotopic (exact) mass is 249 g/mol.